The molecule has 1 aliphatic heterocycles. The third kappa shape index (κ3) is 4.39. The lowest BCUT2D eigenvalue weighted by molar-refractivity contribution is -0.150. The molecule has 0 atom stereocenters. The molecule has 1 fully saturated rings. The molecule has 146 valence electrons. The molecule has 0 unspecified atom stereocenters. The summed E-state index contributed by atoms with van der Waals surface area (Å²) in [5, 5.41) is 0. The van der Waals surface area contributed by atoms with E-state index < -0.39 is 29.5 Å². The van der Waals surface area contributed by atoms with Gasteiger partial charge in [-0.05, 0) is 30.2 Å². The molecule has 1 heterocycles. The number of hydrogen-bond donors (Lipinski definition) is 0. The van der Waals surface area contributed by atoms with Crippen LogP contribution in [-0.4, -0.2) is 47.2 Å². The van der Waals surface area contributed by atoms with Crippen LogP contribution >= 0.6 is 0 Å². The summed E-state index contributed by atoms with van der Waals surface area (Å²) >= 11 is 0. The minimum Gasteiger partial charge on any atom is -0.320 e. The first-order chi connectivity index (χ1) is 13.3. The Labute approximate surface area is 159 Å². The first-order valence-corrected chi connectivity index (χ1v) is 8.59. The predicted octanol–water partition coefficient (Wildman–Crippen LogP) is 2.76. The number of alkyl halides is 3. The number of amides is 3. The Balaban J connectivity index is 1.67. The normalized spacial score (nSPS) is 15.1. The topological polar surface area (TPSA) is 57.7 Å². The Bertz CT molecular complexity index is 879. The van der Waals surface area contributed by atoms with Crippen LogP contribution in [0.25, 0.3) is 0 Å². The van der Waals surface area contributed by atoms with E-state index in [-0.39, 0.29) is 25.2 Å². The van der Waals surface area contributed by atoms with Gasteiger partial charge in [0.25, 0.3) is 5.91 Å². The molecule has 3 amide bonds. The van der Waals surface area contributed by atoms with Crippen molar-refractivity contribution in [2.75, 3.05) is 19.6 Å². The summed E-state index contributed by atoms with van der Waals surface area (Å²) < 4.78 is 38.5. The number of rotatable bonds is 4. The van der Waals surface area contributed by atoms with Crippen LogP contribution in [-0.2, 0) is 22.2 Å². The first-order valence-electron chi connectivity index (χ1n) is 8.59. The van der Waals surface area contributed by atoms with Gasteiger partial charge in [-0.15, -0.1) is 0 Å². The van der Waals surface area contributed by atoms with Gasteiger partial charge in [0, 0.05) is 12.1 Å². The molecular formula is C20H17F3N2O3. The average Bonchev–Trinajstić information content (AvgIpc) is 2.67. The first kappa shape index (κ1) is 19.6. The van der Waals surface area contributed by atoms with Gasteiger partial charge in [0.05, 0.1) is 5.56 Å². The van der Waals surface area contributed by atoms with Crippen LogP contribution in [0.1, 0.15) is 21.5 Å². The number of carbonyl (C=O) groups is 3. The largest absolute Gasteiger partial charge is 0.416 e. The molecule has 0 aromatic heterocycles. The average molecular weight is 390 g/mol. The number of carbonyl (C=O) groups excluding carboxylic acids is 3. The zero-order valence-electron chi connectivity index (χ0n) is 14.8. The summed E-state index contributed by atoms with van der Waals surface area (Å²) in [7, 11) is 0. The molecule has 3 rings (SSSR count). The van der Waals surface area contributed by atoms with E-state index in [2.05, 4.69) is 0 Å². The number of benzene rings is 2. The van der Waals surface area contributed by atoms with Crippen LogP contribution in [0, 0.1) is 0 Å². The summed E-state index contributed by atoms with van der Waals surface area (Å²) in [5.41, 5.74) is -0.212. The van der Waals surface area contributed by atoms with Crippen LogP contribution in [0.5, 0.6) is 0 Å². The monoisotopic (exact) mass is 390 g/mol. The molecule has 5 nitrogen and oxygen atoms in total. The van der Waals surface area contributed by atoms with E-state index in [1.165, 1.54) is 6.07 Å². The maximum absolute atomic E-state index is 12.8. The molecule has 0 aliphatic carbocycles. The van der Waals surface area contributed by atoms with E-state index >= 15 is 0 Å². The summed E-state index contributed by atoms with van der Waals surface area (Å²) in [6, 6.07) is 13.2. The van der Waals surface area contributed by atoms with E-state index in [0.717, 1.165) is 33.6 Å². The number of imide groups is 1. The lowest BCUT2D eigenvalue weighted by Gasteiger charge is -2.32. The van der Waals surface area contributed by atoms with Gasteiger partial charge in [0.15, 0.2) is 0 Å². The number of hydrogen-bond acceptors (Lipinski definition) is 3. The van der Waals surface area contributed by atoms with Crippen LogP contribution < -0.4 is 0 Å². The van der Waals surface area contributed by atoms with Gasteiger partial charge in [-0.3, -0.25) is 19.3 Å². The van der Waals surface area contributed by atoms with Crippen molar-refractivity contribution in [1.29, 1.82) is 0 Å². The van der Waals surface area contributed by atoms with Crippen LogP contribution in [0.3, 0.4) is 0 Å². The maximum atomic E-state index is 12.8. The Morgan fingerprint density at radius 2 is 1.57 bits per heavy atom. The lowest BCUT2D eigenvalue weighted by Crippen LogP contribution is -2.55. The summed E-state index contributed by atoms with van der Waals surface area (Å²) in [4.78, 5) is 39.2. The summed E-state index contributed by atoms with van der Waals surface area (Å²) in [6.45, 7) is -0.515. The standard InChI is InChI=1S/C20H17F3N2O3/c21-20(22,23)16-8-4-7-15(11-16)19(28)24-12-17(26)25(18(27)13-24)10-9-14-5-2-1-3-6-14/h1-8,11H,9-10,12-13H2. The van der Waals surface area contributed by atoms with E-state index in [1.54, 1.807) is 0 Å². The quantitative estimate of drug-likeness (QED) is 0.755. The summed E-state index contributed by atoms with van der Waals surface area (Å²) in [6.07, 6.45) is -4.10. The molecular weight excluding hydrogens is 373 g/mol. The highest BCUT2D eigenvalue weighted by Gasteiger charge is 2.35. The van der Waals surface area contributed by atoms with E-state index in [1.807, 2.05) is 30.3 Å². The molecule has 0 N–H and O–H groups in total. The second kappa shape index (κ2) is 7.84. The van der Waals surface area contributed by atoms with Crippen molar-refractivity contribution in [1.82, 2.24) is 9.80 Å². The smallest absolute Gasteiger partial charge is 0.320 e. The van der Waals surface area contributed by atoms with E-state index in [0.29, 0.717) is 6.42 Å². The fourth-order valence-electron chi connectivity index (χ4n) is 2.98. The highest BCUT2D eigenvalue weighted by Crippen LogP contribution is 2.29. The molecule has 1 aliphatic rings. The fourth-order valence-corrected chi connectivity index (χ4v) is 2.98. The molecule has 0 spiro atoms. The second-order valence-electron chi connectivity index (χ2n) is 6.41. The van der Waals surface area contributed by atoms with E-state index in [4.69, 9.17) is 0 Å². The van der Waals surface area contributed by atoms with Crippen molar-refractivity contribution in [3.63, 3.8) is 0 Å². The Hall–Kier alpha value is -3.16. The van der Waals surface area contributed by atoms with Crippen LogP contribution in [0.15, 0.2) is 54.6 Å². The highest BCUT2D eigenvalue weighted by atomic mass is 19.4. The van der Waals surface area contributed by atoms with Gasteiger partial charge >= 0.3 is 6.18 Å². The molecule has 2 aromatic rings. The molecule has 0 bridgehead atoms. The molecule has 0 radical (unpaired) electrons. The lowest BCUT2D eigenvalue weighted by atomic mass is 10.1. The van der Waals surface area contributed by atoms with Gasteiger partial charge in [0.1, 0.15) is 13.1 Å². The maximum Gasteiger partial charge on any atom is 0.416 e. The van der Waals surface area contributed by atoms with Gasteiger partial charge in [-0.25, -0.2) is 0 Å². The van der Waals surface area contributed by atoms with Crippen molar-refractivity contribution >= 4 is 17.7 Å². The molecule has 1 saturated heterocycles. The van der Waals surface area contributed by atoms with E-state index in [9.17, 15) is 27.6 Å². The van der Waals surface area contributed by atoms with Crippen LogP contribution in [0.2, 0.25) is 0 Å². The summed E-state index contributed by atoms with van der Waals surface area (Å²) in [5.74, 6) is -1.88. The third-order valence-corrected chi connectivity index (χ3v) is 4.45. The minimum atomic E-state index is -4.59. The van der Waals surface area contributed by atoms with Crippen molar-refractivity contribution in [2.45, 2.75) is 12.6 Å². The molecule has 8 heteroatoms. The van der Waals surface area contributed by atoms with Crippen molar-refractivity contribution < 1.29 is 27.6 Å². The minimum absolute atomic E-state index is 0.188. The highest BCUT2D eigenvalue weighted by molar-refractivity contribution is 6.05. The Morgan fingerprint density at radius 1 is 0.929 bits per heavy atom. The number of halogens is 3. The molecule has 2 aromatic carbocycles. The SMILES string of the molecule is O=C(c1cccc(C(F)(F)F)c1)N1CC(=O)N(CCc2ccccc2)C(=O)C1. The number of piperazine rings is 1. The van der Waals surface area contributed by atoms with Gasteiger partial charge in [0.2, 0.25) is 11.8 Å². The van der Waals surface area contributed by atoms with Gasteiger partial charge < -0.3 is 4.90 Å². The second-order valence-corrected chi connectivity index (χ2v) is 6.41. The number of nitrogens with zero attached hydrogens (tertiary/aromatic N) is 2. The van der Waals surface area contributed by atoms with Gasteiger partial charge in [-0.1, -0.05) is 36.4 Å². The van der Waals surface area contributed by atoms with Crippen molar-refractivity contribution in [3.8, 4) is 0 Å². The van der Waals surface area contributed by atoms with Crippen molar-refractivity contribution in [3.05, 3.63) is 71.3 Å². The van der Waals surface area contributed by atoms with Gasteiger partial charge in [-0.2, -0.15) is 13.2 Å². The third-order valence-electron chi connectivity index (χ3n) is 4.45. The zero-order valence-corrected chi connectivity index (χ0v) is 14.8. The Morgan fingerprint density at radius 3 is 2.18 bits per heavy atom. The molecule has 28 heavy (non-hydrogen) atoms. The van der Waals surface area contributed by atoms with Crippen molar-refractivity contribution in [2.24, 2.45) is 0 Å². The fraction of sp³-hybridized carbons (Fsp3) is 0.250. The Kier molecular flexibility index (Phi) is 5.48. The molecule has 0 saturated carbocycles. The zero-order chi connectivity index (χ0) is 20.3. The predicted molar refractivity (Wildman–Crippen MR) is 94.2 cm³/mol. The van der Waals surface area contributed by atoms with Crippen LogP contribution in [0.4, 0.5) is 13.2 Å².